The number of furan rings is 1. The number of benzene rings is 1. The number of rotatable bonds is 6. The van der Waals surface area contributed by atoms with Crippen LogP contribution in [0, 0.1) is 6.92 Å². The molecule has 1 aromatic carbocycles. The van der Waals surface area contributed by atoms with Crippen molar-refractivity contribution in [2.24, 2.45) is 0 Å². The molecular formula is C14H17NOS. The number of nitrogens with one attached hydrogen (secondary N) is 1. The molecule has 17 heavy (non-hydrogen) atoms. The summed E-state index contributed by atoms with van der Waals surface area (Å²) in [6.45, 7) is 3.87. The highest BCUT2D eigenvalue weighted by Gasteiger charge is 2.00. The number of hydrogen-bond acceptors (Lipinski definition) is 3. The highest BCUT2D eigenvalue weighted by atomic mass is 32.2. The fourth-order valence-corrected chi connectivity index (χ4v) is 2.38. The Labute approximate surface area is 106 Å². The van der Waals surface area contributed by atoms with Gasteiger partial charge in [-0.15, -0.1) is 11.8 Å². The lowest BCUT2D eigenvalue weighted by Gasteiger charge is -2.03. The van der Waals surface area contributed by atoms with E-state index in [1.807, 2.05) is 23.9 Å². The van der Waals surface area contributed by atoms with Crippen molar-refractivity contribution in [3.05, 3.63) is 54.0 Å². The molecule has 2 nitrogen and oxygen atoms in total. The lowest BCUT2D eigenvalue weighted by Crippen LogP contribution is -2.16. The Morgan fingerprint density at radius 3 is 2.71 bits per heavy atom. The molecule has 90 valence electrons. The fraction of sp³-hybridized carbons (Fsp3) is 0.286. The van der Waals surface area contributed by atoms with Gasteiger partial charge < -0.3 is 9.73 Å². The molecule has 0 aliphatic carbocycles. The van der Waals surface area contributed by atoms with E-state index in [-0.39, 0.29) is 0 Å². The van der Waals surface area contributed by atoms with E-state index in [1.165, 1.54) is 10.5 Å². The molecule has 1 N–H and O–H groups in total. The first-order valence-electron chi connectivity index (χ1n) is 5.78. The molecule has 0 saturated heterocycles. The first-order chi connectivity index (χ1) is 8.36. The third-order valence-corrected chi connectivity index (χ3v) is 3.56. The van der Waals surface area contributed by atoms with Crippen molar-refractivity contribution in [1.29, 1.82) is 0 Å². The normalized spacial score (nSPS) is 10.6. The Bertz CT molecular complexity index is 438. The molecule has 0 radical (unpaired) electrons. The van der Waals surface area contributed by atoms with Gasteiger partial charge in [0.15, 0.2) is 0 Å². The summed E-state index contributed by atoms with van der Waals surface area (Å²) in [5.74, 6) is 2.11. The van der Waals surface area contributed by atoms with Gasteiger partial charge in [0.2, 0.25) is 0 Å². The maximum Gasteiger partial charge on any atom is 0.120 e. The molecule has 1 aromatic heterocycles. The Morgan fingerprint density at radius 1 is 1.18 bits per heavy atom. The van der Waals surface area contributed by atoms with Gasteiger partial charge in [0.05, 0.1) is 12.8 Å². The van der Waals surface area contributed by atoms with Crippen LogP contribution < -0.4 is 5.32 Å². The van der Waals surface area contributed by atoms with Crippen LogP contribution in [-0.2, 0) is 6.54 Å². The highest BCUT2D eigenvalue weighted by molar-refractivity contribution is 7.99. The Morgan fingerprint density at radius 2 is 2.00 bits per heavy atom. The summed E-state index contributed by atoms with van der Waals surface area (Å²) in [6, 6.07) is 12.5. The molecule has 3 heteroatoms. The Kier molecular flexibility index (Phi) is 4.71. The second-order valence-electron chi connectivity index (χ2n) is 3.87. The van der Waals surface area contributed by atoms with E-state index in [0.717, 1.165) is 24.6 Å². The summed E-state index contributed by atoms with van der Waals surface area (Å²) in [7, 11) is 0. The first-order valence-corrected chi connectivity index (χ1v) is 6.76. The molecule has 1 heterocycles. The van der Waals surface area contributed by atoms with Gasteiger partial charge in [-0.3, -0.25) is 0 Å². The van der Waals surface area contributed by atoms with E-state index < -0.39 is 0 Å². The number of thioether (sulfide) groups is 1. The molecular weight excluding hydrogens is 230 g/mol. The van der Waals surface area contributed by atoms with Gasteiger partial charge in [-0.25, -0.2) is 0 Å². The summed E-state index contributed by atoms with van der Waals surface area (Å²) < 4.78 is 5.36. The van der Waals surface area contributed by atoms with Crippen molar-refractivity contribution < 1.29 is 4.42 Å². The minimum absolute atomic E-state index is 0.814. The predicted octanol–water partition coefficient (Wildman–Crippen LogP) is 3.47. The average molecular weight is 247 g/mol. The van der Waals surface area contributed by atoms with E-state index in [0.29, 0.717) is 0 Å². The number of aryl methyl sites for hydroxylation is 1. The molecule has 0 fully saturated rings. The van der Waals surface area contributed by atoms with Gasteiger partial charge in [0, 0.05) is 17.2 Å². The molecule has 0 spiro atoms. The first kappa shape index (κ1) is 12.3. The molecule has 0 saturated carbocycles. The van der Waals surface area contributed by atoms with Crippen LogP contribution >= 0.6 is 11.8 Å². The van der Waals surface area contributed by atoms with Gasteiger partial charge in [0.25, 0.3) is 0 Å². The summed E-state index contributed by atoms with van der Waals surface area (Å²) in [5.41, 5.74) is 1.22. The van der Waals surface area contributed by atoms with E-state index in [2.05, 4.69) is 36.5 Å². The summed E-state index contributed by atoms with van der Waals surface area (Å²) in [6.07, 6.45) is 1.74. The van der Waals surface area contributed by atoms with Crippen LogP contribution in [0.4, 0.5) is 0 Å². The fourth-order valence-electron chi connectivity index (χ4n) is 1.54. The zero-order chi connectivity index (χ0) is 11.9. The average Bonchev–Trinajstić information content (AvgIpc) is 2.76. The van der Waals surface area contributed by atoms with Crippen molar-refractivity contribution in [3.63, 3.8) is 0 Å². The van der Waals surface area contributed by atoms with E-state index >= 15 is 0 Å². The van der Waals surface area contributed by atoms with Crippen molar-refractivity contribution in [2.75, 3.05) is 12.3 Å². The van der Waals surface area contributed by atoms with Crippen LogP contribution in [0.5, 0.6) is 0 Å². The summed E-state index contributed by atoms with van der Waals surface area (Å²) >= 11 is 1.87. The lowest BCUT2D eigenvalue weighted by atomic mass is 10.3. The van der Waals surface area contributed by atoms with Crippen LogP contribution in [0.2, 0.25) is 0 Å². The van der Waals surface area contributed by atoms with Crippen molar-refractivity contribution in [1.82, 2.24) is 5.32 Å². The summed E-state index contributed by atoms with van der Waals surface area (Å²) in [5, 5.41) is 3.38. The van der Waals surface area contributed by atoms with Gasteiger partial charge in [-0.2, -0.15) is 0 Å². The van der Waals surface area contributed by atoms with Crippen LogP contribution in [0.25, 0.3) is 0 Å². The monoisotopic (exact) mass is 247 g/mol. The maximum absolute atomic E-state index is 5.36. The minimum Gasteiger partial charge on any atom is -0.468 e. The third kappa shape index (κ3) is 3.95. The van der Waals surface area contributed by atoms with Crippen LogP contribution in [0.15, 0.2) is 52.0 Å². The SMILES string of the molecule is Cc1ccoc1CNCCSc1ccccc1. The molecule has 0 atom stereocenters. The quantitative estimate of drug-likeness (QED) is 0.625. The Hall–Kier alpha value is -1.19. The zero-order valence-corrected chi connectivity index (χ0v) is 10.8. The van der Waals surface area contributed by atoms with Crippen molar-refractivity contribution >= 4 is 11.8 Å². The van der Waals surface area contributed by atoms with E-state index in [1.54, 1.807) is 6.26 Å². The van der Waals surface area contributed by atoms with Gasteiger partial charge >= 0.3 is 0 Å². The standard InChI is InChI=1S/C14H17NOS/c1-12-7-9-16-14(12)11-15-8-10-17-13-5-3-2-4-6-13/h2-7,9,15H,8,10-11H2,1H3. The lowest BCUT2D eigenvalue weighted by molar-refractivity contribution is 0.485. The van der Waals surface area contributed by atoms with E-state index in [9.17, 15) is 0 Å². The van der Waals surface area contributed by atoms with Crippen LogP contribution in [-0.4, -0.2) is 12.3 Å². The minimum atomic E-state index is 0.814. The molecule has 0 aliphatic heterocycles. The molecule has 0 bridgehead atoms. The molecule has 0 aliphatic rings. The maximum atomic E-state index is 5.36. The van der Waals surface area contributed by atoms with E-state index in [4.69, 9.17) is 4.42 Å². The predicted molar refractivity (Wildman–Crippen MR) is 72.3 cm³/mol. The van der Waals surface area contributed by atoms with Crippen LogP contribution in [0.3, 0.4) is 0 Å². The highest BCUT2D eigenvalue weighted by Crippen LogP contribution is 2.15. The Balaban J connectivity index is 1.63. The topological polar surface area (TPSA) is 25.2 Å². The van der Waals surface area contributed by atoms with Crippen LogP contribution in [0.1, 0.15) is 11.3 Å². The van der Waals surface area contributed by atoms with Gasteiger partial charge in [0.1, 0.15) is 5.76 Å². The summed E-state index contributed by atoms with van der Waals surface area (Å²) in [4.78, 5) is 1.32. The zero-order valence-electron chi connectivity index (χ0n) is 9.98. The van der Waals surface area contributed by atoms with Gasteiger partial charge in [-0.05, 0) is 30.7 Å². The number of hydrogen-bond donors (Lipinski definition) is 1. The molecule has 2 aromatic rings. The second kappa shape index (κ2) is 6.52. The smallest absolute Gasteiger partial charge is 0.120 e. The molecule has 0 unspecified atom stereocenters. The molecule has 0 amide bonds. The third-order valence-electron chi connectivity index (χ3n) is 2.54. The molecule has 2 rings (SSSR count). The second-order valence-corrected chi connectivity index (χ2v) is 5.03. The van der Waals surface area contributed by atoms with Crippen molar-refractivity contribution in [2.45, 2.75) is 18.4 Å². The van der Waals surface area contributed by atoms with Crippen molar-refractivity contribution in [3.8, 4) is 0 Å². The van der Waals surface area contributed by atoms with Gasteiger partial charge in [-0.1, -0.05) is 18.2 Å². The largest absolute Gasteiger partial charge is 0.468 e.